The van der Waals surface area contributed by atoms with Gasteiger partial charge < -0.3 is 5.32 Å². The maximum Gasteiger partial charge on any atom is 0.229 e. The van der Waals surface area contributed by atoms with Crippen molar-refractivity contribution in [1.82, 2.24) is 10.2 Å². The van der Waals surface area contributed by atoms with E-state index < -0.39 is 11.7 Å². The van der Waals surface area contributed by atoms with Gasteiger partial charge in [-0.3, -0.25) is 19.6 Å². The van der Waals surface area contributed by atoms with Crippen molar-refractivity contribution in [3.05, 3.63) is 53.8 Å². The molecule has 1 unspecified atom stereocenters. The first-order valence-corrected chi connectivity index (χ1v) is 9.28. The molecule has 2 amide bonds. The number of nitrogens with one attached hydrogen (secondary N) is 2. The second-order valence-corrected chi connectivity index (χ2v) is 7.38. The highest BCUT2D eigenvalue weighted by Gasteiger charge is 2.37. The molecular formula is C21H21FN4O2. The molecule has 28 heavy (non-hydrogen) atoms. The average molecular weight is 380 g/mol. The van der Waals surface area contributed by atoms with Gasteiger partial charge in [-0.2, -0.15) is 5.10 Å². The first-order valence-electron chi connectivity index (χ1n) is 9.28. The Morgan fingerprint density at radius 3 is 2.71 bits per heavy atom. The minimum atomic E-state index is -0.518. The molecular weight excluding hydrogens is 359 g/mol. The fourth-order valence-electron chi connectivity index (χ4n) is 3.49. The zero-order valence-corrected chi connectivity index (χ0v) is 15.7. The highest BCUT2D eigenvalue weighted by atomic mass is 19.1. The molecule has 2 heterocycles. The number of aromatic nitrogens is 2. The normalized spacial score (nSPS) is 16.9. The highest BCUT2D eigenvalue weighted by molar-refractivity contribution is 6.07. The van der Waals surface area contributed by atoms with Crippen LogP contribution in [0.3, 0.4) is 0 Å². The molecule has 144 valence electrons. The van der Waals surface area contributed by atoms with Crippen molar-refractivity contribution < 1.29 is 14.0 Å². The molecule has 3 aromatic rings. The molecule has 4 rings (SSSR count). The summed E-state index contributed by atoms with van der Waals surface area (Å²) < 4.78 is 14.2. The lowest BCUT2D eigenvalue weighted by Crippen LogP contribution is -2.28. The zero-order chi connectivity index (χ0) is 19.8. The lowest BCUT2D eigenvalue weighted by atomic mass is 10.0. The van der Waals surface area contributed by atoms with Crippen LogP contribution in [0.1, 0.15) is 31.7 Å². The van der Waals surface area contributed by atoms with E-state index in [1.807, 2.05) is 24.3 Å². The van der Waals surface area contributed by atoms with Gasteiger partial charge in [0, 0.05) is 18.7 Å². The van der Waals surface area contributed by atoms with Gasteiger partial charge in [0.05, 0.1) is 16.8 Å². The standard InChI is InChI=1S/C21H21FN4O2/c1-12(2)13-6-8-15(9-7-13)23-21(28)14-10-18(27)26(11-14)20-19-16(22)4-3-5-17(19)24-25-20/h3-9,12,14H,10-11H2,1-2H3,(H,23,28)(H,24,25). The Kier molecular flexibility index (Phi) is 4.58. The van der Waals surface area contributed by atoms with Crippen LogP contribution in [0.5, 0.6) is 0 Å². The second-order valence-electron chi connectivity index (χ2n) is 7.38. The number of rotatable bonds is 4. The lowest BCUT2D eigenvalue weighted by Gasteiger charge is -2.15. The van der Waals surface area contributed by atoms with Gasteiger partial charge in [-0.1, -0.05) is 32.0 Å². The maximum absolute atomic E-state index is 14.2. The van der Waals surface area contributed by atoms with E-state index in [9.17, 15) is 14.0 Å². The van der Waals surface area contributed by atoms with Crippen LogP contribution in [0, 0.1) is 11.7 Å². The van der Waals surface area contributed by atoms with Gasteiger partial charge in [0.1, 0.15) is 5.82 Å². The van der Waals surface area contributed by atoms with Gasteiger partial charge in [0.15, 0.2) is 5.82 Å². The fraction of sp³-hybridized carbons (Fsp3) is 0.286. The molecule has 0 aliphatic carbocycles. The van der Waals surface area contributed by atoms with Crippen LogP contribution >= 0.6 is 0 Å². The van der Waals surface area contributed by atoms with Gasteiger partial charge in [-0.25, -0.2) is 4.39 Å². The first kappa shape index (κ1) is 18.2. The van der Waals surface area contributed by atoms with Crippen molar-refractivity contribution in [2.24, 2.45) is 5.92 Å². The van der Waals surface area contributed by atoms with Crippen molar-refractivity contribution in [1.29, 1.82) is 0 Å². The van der Waals surface area contributed by atoms with Crippen LogP contribution in [0.4, 0.5) is 15.9 Å². The molecule has 1 atom stereocenters. The Morgan fingerprint density at radius 2 is 2.00 bits per heavy atom. The van der Waals surface area contributed by atoms with E-state index in [-0.39, 0.29) is 36.0 Å². The minimum absolute atomic E-state index is 0.0682. The van der Waals surface area contributed by atoms with E-state index in [2.05, 4.69) is 29.4 Å². The molecule has 6 nitrogen and oxygen atoms in total. The second kappa shape index (κ2) is 7.07. The van der Waals surface area contributed by atoms with Crippen molar-refractivity contribution in [2.45, 2.75) is 26.2 Å². The number of nitrogens with zero attached hydrogens (tertiary/aromatic N) is 2. The summed E-state index contributed by atoms with van der Waals surface area (Å²) in [4.78, 5) is 26.5. The minimum Gasteiger partial charge on any atom is -0.326 e. The molecule has 1 saturated heterocycles. The molecule has 7 heteroatoms. The predicted molar refractivity (Wildman–Crippen MR) is 106 cm³/mol. The maximum atomic E-state index is 14.2. The van der Waals surface area contributed by atoms with Gasteiger partial charge >= 0.3 is 0 Å². The number of H-pyrrole nitrogens is 1. The van der Waals surface area contributed by atoms with Gasteiger partial charge in [0.25, 0.3) is 0 Å². The highest BCUT2D eigenvalue weighted by Crippen LogP contribution is 2.31. The number of halogens is 1. The summed E-state index contributed by atoms with van der Waals surface area (Å²) >= 11 is 0. The van der Waals surface area contributed by atoms with E-state index in [0.717, 1.165) is 0 Å². The van der Waals surface area contributed by atoms with E-state index in [4.69, 9.17) is 0 Å². The first-order chi connectivity index (χ1) is 13.4. The summed E-state index contributed by atoms with van der Waals surface area (Å²) in [5.74, 6) is -0.798. The number of carbonyl (C=O) groups excluding carboxylic acids is 2. The predicted octanol–water partition coefficient (Wildman–Crippen LogP) is 3.82. The van der Waals surface area contributed by atoms with Crippen molar-refractivity contribution in [3.8, 4) is 0 Å². The van der Waals surface area contributed by atoms with Crippen LogP contribution in [0.15, 0.2) is 42.5 Å². The van der Waals surface area contributed by atoms with Crippen LogP contribution < -0.4 is 10.2 Å². The number of amides is 2. The van der Waals surface area contributed by atoms with Gasteiger partial charge in [-0.15, -0.1) is 0 Å². The summed E-state index contributed by atoms with van der Waals surface area (Å²) in [6.07, 6.45) is 0.0682. The Hall–Kier alpha value is -3.22. The van der Waals surface area contributed by atoms with Crippen LogP contribution in [-0.4, -0.2) is 28.6 Å². The summed E-state index contributed by atoms with van der Waals surface area (Å²) in [5.41, 5.74) is 2.39. The van der Waals surface area contributed by atoms with Crippen LogP contribution in [0.25, 0.3) is 10.9 Å². The Bertz CT molecular complexity index is 1040. The molecule has 1 aliphatic rings. The number of carbonyl (C=O) groups is 2. The molecule has 0 radical (unpaired) electrons. The third-order valence-electron chi connectivity index (χ3n) is 5.12. The smallest absolute Gasteiger partial charge is 0.229 e. The topological polar surface area (TPSA) is 78.1 Å². The molecule has 1 aromatic heterocycles. The van der Waals surface area contributed by atoms with Crippen molar-refractivity contribution in [3.63, 3.8) is 0 Å². The number of aromatic amines is 1. The Morgan fingerprint density at radius 1 is 1.25 bits per heavy atom. The summed E-state index contributed by atoms with van der Waals surface area (Å²) in [5, 5.41) is 9.97. The third kappa shape index (κ3) is 3.24. The lowest BCUT2D eigenvalue weighted by molar-refractivity contribution is -0.122. The van der Waals surface area contributed by atoms with E-state index in [0.29, 0.717) is 17.1 Å². The van der Waals surface area contributed by atoms with E-state index in [1.165, 1.54) is 16.5 Å². The van der Waals surface area contributed by atoms with Crippen molar-refractivity contribution >= 4 is 34.2 Å². The Labute approximate surface area is 161 Å². The molecule has 0 spiro atoms. The number of hydrogen-bond acceptors (Lipinski definition) is 3. The monoisotopic (exact) mass is 380 g/mol. The van der Waals surface area contributed by atoms with E-state index >= 15 is 0 Å². The third-order valence-corrected chi connectivity index (χ3v) is 5.12. The number of fused-ring (bicyclic) bond motifs is 1. The van der Waals surface area contributed by atoms with Gasteiger partial charge in [-0.05, 0) is 35.7 Å². The summed E-state index contributed by atoms with van der Waals surface area (Å²) in [7, 11) is 0. The molecule has 1 fully saturated rings. The number of benzene rings is 2. The summed E-state index contributed by atoms with van der Waals surface area (Å²) in [6.45, 7) is 4.38. The molecule has 0 saturated carbocycles. The molecule has 2 aromatic carbocycles. The zero-order valence-electron chi connectivity index (χ0n) is 15.7. The van der Waals surface area contributed by atoms with Gasteiger partial charge in [0.2, 0.25) is 11.8 Å². The molecule has 0 bridgehead atoms. The number of hydrogen-bond donors (Lipinski definition) is 2. The van der Waals surface area contributed by atoms with Crippen molar-refractivity contribution in [2.75, 3.05) is 16.8 Å². The largest absolute Gasteiger partial charge is 0.326 e. The number of anilines is 2. The van der Waals surface area contributed by atoms with Crippen LogP contribution in [-0.2, 0) is 9.59 Å². The summed E-state index contributed by atoms with van der Waals surface area (Å²) in [6, 6.07) is 12.3. The molecule has 1 aliphatic heterocycles. The van der Waals surface area contributed by atoms with E-state index in [1.54, 1.807) is 12.1 Å². The quantitative estimate of drug-likeness (QED) is 0.722. The fourth-order valence-corrected chi connectivity index (χ4v) is 3.49. The average Bonchev–Trinajstić information content (AvgIpc) is 3.26. The Balaban J connectivity index is 1.50. The van der Waals surface area contributed by atoms with Crippen LogP contribution in [0.2, 0.25) is 0 Å². The SMILES string of the molecule is CC(C)c1ccc(NC(=O)C2CC(=O)N(c3n[nH]c4cccc(F)c34)C2)cc1. The molecule has 2 N–H and O–H groups in total.